The van der Waals surface area contributed by atoms with Crippen LogP contribution in [0.25, 0.3) is 0 Å². The molecule has 0 aromatic heterocycles. The second kappa shape index (κ2) is 5.80. The standard InChI is InChI=1S/C15H29N3O/c1-12(2)13(17(3)4)14(19)18-9-6-15(7-10-18)5-8-16-11-15/h12-13,16H,5-11H2,1-4H3. The number of piperidine rings is 1. The summed E-state index contributed by atoms with van der Waals surface area (Å²) in [4.78, 5) is 16.8. The Kier molecular flexibility index (Phi) is 4.51. The molecule has 0 bridgehead atoms. The van der Waals surface area contributed by atoms with Crippen LogP contribution in [0.2, 0.25) is 0 Å². The van der Waals surface area contributed by atoms with Gasteiger partial charge in [0.25, 0.3) is 0 Å². The normalized spacial score (nSPS) is 24.4. The predicted molar refractivity (Wildman–Crippen MR) is 78.0 cm³/mol. The fraction of sp³-hybridized carbons (Fsp3) is 0.933. The highest BCUT2D eigenvalue weighted by Gasteiger charge is 2.39. The summed E-state index contributed by atoms with van der Waals surface area (Å²) in [6, 6.07) is 0.0238. The summed E-state index contributed by atoms with van der Waals surface area (Å²) in [5.74, 6) is 0.687. The van der Waals surface area contributed by atoms with Gasteiger partial charge >= 0.3 is 0 Å². The maximum atomic E-state index is 12.7. The van der Waals surface area contributed by atoms with E-state index in [0.29, 0.717) is 17.2 Å². The molecule has 0 saturated carbocycles. The molecule has 1 amide bonds. The Morgan fingerprint density at radius 3 is 2.26 bits per heavy atom. The van der Waals surface area contributed by atoms with Crippen molar-refractivity contribution in [1.29, 1.82) is 0 Å². The molecule has 19 heavy (non-hydrogen) atoms. The first kappa shape index (κ1) is 14.8. The van der Waals surface area contributed by atoms with Crippen LogP contribution in [0.15, 0.2) is 0 Å². The lowest BCUT2D eigenvalue weighted by molar-refractivity contribution is -0.139. The second-order valence-electron chi connectivity index (χ2n) is 6.90. The molecule has 1 unspecified atom stereocenters. The number of carbonyl (C=O) groups excluding carboxylic acids is 1. The lowest BCUT2D eigenvalue weighted by Gasteiger charge is -2.41. The minimum absolute atomic E-state index is 0.0238. The van der Waals surface area contributed by atoms with Gasteiger partial charge in [-0.3, -0.25) is 9.69 Å². The minimum Gasteiger partial charge on any atom is -0.341 e. The largest absolute Gasteiger partial charge is 0.341 e. The van der Waals surface area contributed by atoms with Gasteiger partial charge in [-0.1, -0.05) is 13.8 Å². The summed E-state index contributed by atoms with van der Waals surface area (Å²) in [5.41, 5.74) is 0.488. The van der Waals surface area contributed by atoms with Crippen LogP contribution in [-0.2, 0) is 4.79 Å². The Labute approximate surface area is 117 Å². The molecule has 2 saturated heterocycles. The average molecular weight is 267 g/mol. The summed E-state index contributed by atoms with van der Waals surface area (Å²) in [6.07, 6.45) is 3.63. The van der Waals surface area contributed by atoms with Crippen molar-refractivity contribution in [3.63, 3.8) is 0 Å². The van der Waals surface area contributed by atoms with E-state index in [9.17, 15) is 4.79 Å². The highest BCUT2D eigenvalue weighted by Crippen LogP contribution is 2.37. The molecule has 2 aliphatic heterocycles. The van der Waals surface area contributed by atoms with Gasteiger partial charge in [-0.25, -0.2) is 0 Å². The number of likely N-dealkylation sites (tertiary alicyclic amines) is 1. The molecule has 4 nitrogen and oxygen atoms in total. The fourth-order valence-corrected chi connectivity index (χ4v) is 3.71. The van der Waals surface area contributed by atoms with Gasteiger partial charge < -0.3 is 10.2 Å². The number of nitrogens with one attached hydrogen (secondary N) is 1. The van der Waals surface area contributed by atoms with Gasteiger partial charge in [0, 0.05) is 19.6 Å². The fourth-order valence-electron chi connectivity index (χ4n) is 3.71. The van der Waals surface area contributed by atoms with Crippen LogP contribution in [-0.4, -0.2) is 62.0 Å². The molecule has 0 aromatic rings. The summed E-state index contributed by atoms with van der Waals surface area (Å²) < 4.78 is 0. The number of nitrogens with zero attached hydrogens (tertiary/aromatic N) is 2. The molecule has 2 aliphatic rings. The first-order valence-electron chi connectivity index (χ1n) is 7.61. The monoisotopic (exact) mass is 267 g/mol. The van der Waals surface area contributed by atoms with Gasteiger partial charge in [0.15, 0.2) is 0 Å². The molecule has 1 spiro atoms. The third-order valence-electron chi connectivity index (χ3n) is 4.91. The molecule has 1 N–H and O–H groups in total. The van der Waals surface area contributed by atoms with E-state index in [0.717, 1.165) is 26.2 Å². The third-order valence-corrected chi connectivity index (χ3v) is 4.91. The summed E-state index contributed by atoms with van der Waals surface area (Å²) in [5, 5.41) is 3.47. The molecule has 110 valence electrons. The Morgan fingerprint density at radius 1 is 1.21 bits per heavy atom. The van der Waals surface area contributed by atoms with Crippen molar-refractivity contribution in [2.75, 3.05) is 40.3 Å². The van der Waals surface area contributed by atoms with Gasteiger partial charge in [0.1, 0.15) is 0 Å². The lowest BCUT2D eigenvalue weighted by atomic mass is 9.77. The molecule has 1 atom stereocenters. The van der Waals surface area contributed by atoms with Crippen LogP contribution >= 0.6 is 0 Å². The first-order valence-corrected chi connectivity index (χ1v) is 7.61. The number of hydrogen-bond acceptors (Lipinski definition) is 3. The summed E-state index contributed by atoms with van der Waals surface area (Å²) >= 11 is 0. The zero-order valence-corrected chi connectivity index (χ0v) is 12.9. The number of rotatable bonds is 3. The van der Waals surface area contributed by atoms with Crippen LogP contribution < -0.4 is 5.32 Å². The smallest absolute Gasteiger partial charge is 0.240 e. The quantitative estimate of drug-likeness (QED) is 0.834. The maximum absolute atomic E-state index is 12.7. The van der Waals surface area contributed by atoms with Crippen molar-refractivity contribution in [3.8, 4) is 0 Å². The van der Waals surface area contributed by atoms with Gasteiger partial charge in [0.05, 0.1) is 6.04 Å². The van der Waals surface area contributed by atoms with E-state index in [2.05, 4.69) is 29.0 Å². The Hall–Kier alpha value is -0.610. The summed E-state index contributed by atoms with van der Waals surface area (Å²) in [6.45, 7) is 8.45. The van der Waals surface area contributed by atoms with Crippen molar-refractivity contribution in [2.24, 2.45) is 11.3 Å². The van der Waals surface area contributed by atoms with Gasteiger partial charge in [0.2, 0.25) is 5.91 Å². The first-order chi connectivity index (χ1) is 8.95. The van der Waals surface area contributed by atoms with Gasteiger partial charge in [-0.2, -0.15) is 0 Å². The summed E-state index contributed by atoms with van der Waals surface area (Å²) in [7, 11) is 4.02. The average Bonchev–Trinajstić information content (AvgIpc) is 2.77. The molecule has 2 heterocycles. The van der Waals surface area contributed by atoms with Crippen LogP contribution in [0.5, 0.6) is 0 Å². The topological polar surface area (TPSA) is 35.6 Å². The molecule has 0 aliphatic carbocycles. The van der Waals surface area contributed by atoms with Crippen LogP contribution in [0, 0.1) is 11.3 Å². The van der Waals surface area contributed by atoms with Crippen LogP contribution in [0.1, 0.15) is 33.1 Å². The molecule has 2 rings (SSSR count). The molecule has 2 fully saturated rings. The van der Waals surface area contributed by atoms with E-state index >= 15 is 0 Å². The van der Waals surface area contributed by atoms with Crippen molar-refractivity contribution in [2.45, 2.75) is 39.2 Å². The van der Waals surface area contributed by atoms with Gasteiger partial charge in [-0.05, 0) is 51.2 Å². The second-order valence-corrected chi connectivity index (χ2v) is 6.90. The maximum Gasteiger partial charge on any atom is 0.240 e. The molecular weight excluding hydrogens is 238 g/mol. The zero-order valence-electron chi connectivity index (χ0n) is 12.9. The number of likely N-dealkylation sites (N-methyl/N-ethyl adjacent to an activating group) is 1. The SMILES string of the molecule is CC(C)C(C(=O)N1CCC2(CCNC2)CC1)N(C)C. The highest BCUT2D eigenvalue weighted by atomic mass is 16.2. The van der Waals surface area contributed by atoms with Crippen LogP contribution in [0.3, 0.4) is 0 Å². The Morgan fingerprint density at radius 2 is 1.84 bits per heavy atom. The van der Waals surface area contributed by atoms with E-state index in [1.165, 1.54) is 19.3 Å². The number of carbonyl (C=O) groups is 1. The van der Waals surface area contributed by atoms with Gasteiger partial charge in [-0.15, -0.1) is 0 Å². The van der Waals surface area contributed by atoms with E-state index in [-0.39, 0.29) is 6.04 Å². The van der Waals surface area contributed by atoms with E-state index in [1.54, 1.807) is 0 Å². The van der Waals surface area contributed by atoms with Crippen molar-refractivity contribution < 1.29 is 4.79 Å². The third kappa shape index (κ3) is 3.11. The predicted octanol–water partition coefficient (Wildman–Crippen LogP) is 1.17. The Bertz CT molecular complexity index is 303. The van der Waals surface area contributed by atoms with Crippen molar-refractivity contribution in [1.82, 2.24) is 15.1 Å². The molecule has 0 radical (unpaired) electrons. The number of hydrogen-bond donors (Lipinski definition) is 1. The van der Waals surface area contributed by atoms with Crippen molar-refractivity contribution in [3.05, 3.63) is 0 Å². The molecule has 4 heteroatoms. The van der Waals surface area contributed by atoms with Crippen molar-refractivity contribution >= 4 is 5.91 Å². The number of amides is 1. The molecule has 0 aromatic carbocycles. The molecular formula is C15H29N3O. The lowest BCUT2D eigenvalue weighted by Crippen LogP contribution is -2.52. The highest BCUT2D eigenvalue weighted by molar-refractivity contribution is 5.82. The minimum atomic E-state index is 0.0238. The Balaban J connectivity index is 1.94. The van der Waals surface area contributed by atoms with E-state index < -0.39 is 0 Å². The van der Waals surface area contributed by atoms with E-state index in [1.807, 2.05) is 14.1 Å². The van der Waals surface area contributed by atoms with Crippen LogP contribution in [0.4, 0.5) is 0 Å². The van der Waals surface area contributed by atoms with E-state index in [4.69, 9.17) is 0 Å². The zero-order chi connectivity index (χ0) is 14.0.